The number of carbonyl (C=O) groups is 1. The molecule has 2 aromatic rings. The van der Waals surface area contributed by atoms with E-state index in [0.717, 1.165) is 12.1 Å². The fraction of sp³-hybridized carbons (Fsp3) is 0.235. The molecular weight excluding hydrogens is 321 g/mol. The van der Waals surface area contributed by atoms with E-state index >= 15 is 0 Å². The monoisotopic (exact) mass is 338 g/mol. The zero-order valence-electron chi connectivity index (χ0n) is 13.0. The predicted molar refractivity (Wildman–Crippen MR) is 86.2 cm³/mol. The highest BCUT2D eigenvalue weighted by atomic mass is 19.4. The molecule has 0 fully saturated rings. The van der Waals surface area contributed by atoms with E-state index in [1.165, 1.54) is 12.1 Å². The van der Waals surface area contributed by atoms with E-state index < -0.39 is 17.6 Å². The lowest BCUT2D eigenvalue weighted by molar-refractivity contribution is -0.137. The van der Waals surface area contributed by atoms with E-state index in [-0.39, 0.29) is 12.2 Å². The smallest absolute Gasteiger partial charge is 0.416 e. The summed E-state index contributed by atoms with van der Waals surface area (Å²) in [7, 11) is 0. The fourth-order valence-corrected chi connectivity index (χ4v) is 2.02. The molecule has 0 aliphatic heterocycles. The SMILES string of the molecule is CCOc1cccc(NCC(=O)Nc2cccc(C(F)(F)F)c2)c1. The fourth-order valence-electron chi connectivity index (χ4n) is 2.02. The van der Waals surface area contributed by atoms with Crippen molar-refractivity contribution in [2.24, 2.45) is 0 Å². The van der Waals surface area contributed by atoms with Crippen LogP contribution in [0.25, 0.3) is 0 Å². The van der Waals surface area contributed by atoms with Crippen LogP contribution < -0.4 is 15.4 Å². The second kappa shape index (κ2) is 7.72. The topological polar surface area (TPSA) is 50.4 Å². The molecule has 0 aromatic heterocycles. The Morgan fingerprint density at radius 2 is 1.79 bits per heavy atom. The average Bonchev–Trinajstić information content (AvgIpc) is 2.53. The molecule has 128 valence electrons. The molecule has 0 aliphatic carbocycles. The zero-order valence-corrected chi connectivity index (χ0v) is 13.0. The van der Waals surface area contributed by atoms with Crippen molar-refractivity contribution in [3.8, 4) is 5.75 Å². The Balaban J connectivity index is 1.93. The van der Waals surface area contributed by atoms with Crippen LogP contribution in [0.1, 0.15) is 12.5 Å². The third-order valence-corrected chi connectivity index (χ3v) is 3.07. The first-order valence-corrected chi connectivity index (χ1v) is 7.32. The number of alkyl halides is 3. The summed E-state index contributed by atoms with van der Waals surface area (Å²) in [5, 5.41) is 5.33. The molecule has 0 unspecified atom stereocenters. The van der Waals surface area contributed by atoms with Crippen LogP contribution >= 0.6 is 0 Å². The standard InChI is InChI=1S/C17H17F3N2O2/c1-2-24-15-8-4-6-13(10-15)21-11-16(23)22-14-7-3-5-12(9-14)17(18,19)20/h3-10,21H,2,11H2,1H3,(H,22,23). The van der Waals surface area contributed by atoms with Gasteiger partial charge in [-0.25, -0.2) is 0 Å². The quantitative estimate of drug-likeness (QED) is 0.832. The highest BCUT2D eigenvalue weighted by Gasteiger charge is 2.30. The van der Waals surface area contributed by atoms with Crippen LogP contribution in [0.3, 0.4) is 0 Å². The van der Waals surface area contributed by atoms with E-state index in [2.05, 4.69) is 10.6 Å². The Labute approximate surface area is 137 Å². The van der Waals surface area contributed by atoms with E-state index in [9.17, 15) is 18.0 Å². The molecule has 0 aliphatic rings. The summed E-state index contributed by atoms with van der Waals surface area (Å²) in [6.45, 7) is 2.31. The van der Waals surface area contributed by atoms with Gasteiger partial charge in [-0.05, 0) is 37.3 Å². The van der Waals surface area contributed by atoms with Crippen LogP contribution in [0.15, 0.2) is 48.5 Å². The Bertz CT molecular complexity index is 702. The minimum absolute atomic E-state index is 0.0776. The third-order valence-electron chi connectivity index (χ3n) is 3.07. The van der Waals surface area contributed by atoms with Gasteiger partial charge in [-0.15, -0.1) is 0 Å². The molecule has 2 N–H and O–H groups in total. The van der Waals surface area contributed by atoms with Crippen LogP contribution in [-0.4, -0.2) is 19.1 Å². The third kappa shape index (κ3) is 5.19. The second-order valence-electron chi connectivity index (χ2n) is 4.94. The largest absolute Gasteiger partial charge is 0.494 e. The molecule has 2 rings (SSSR count). The maximum absolute atomic E-state index is 12.6. The van der Waals surface area contributed by atoms with Gasteiger partial charge in [0, 0.05) is 17.4 Å². The first kappa shape index (κ1) is 17.7. The van der Waals surface area contributed by atoms with Gasteiger partial charge in [0.25, 0.3) is 0 Å². The van der Waals surface area contributed by atoms with Crippen LogP contribution in [0, 0.1) is 0 Å². The number of carbonyl (C=O) groups excluding carboxylic acids is 1. The van der Waals surface area contributed by atoms with Crippen LogP contribution in [0.5, 0.6) is 5.75 Å². The molecule has 0 saturated carbocycles. The van der Waals surface area contributed by atoms with Gasteiger partial charge in [0.15, 0.2) is 0 Å². The summed E-state index contributed by atoms with van der Waals surface area (Å²) >= 11 is 0. The number of halogens is 3. The van der Waals surface area contributed by atoms with Crippen LogP contribution in [0.2, 0.25) is 0 Å². The summed E-state index contributed by atoms with van der Waals surface area (Å²) in [5.41, 5.74) is -0.0301. The summed E-state index contributed by atoms with van der Waals surface area (Å²) < 4.78 is 43.3. The molecule has 0 radical (unpaired) electrons. The molecule has 0 spiro atoms. The van der Waals surface area contributed by atoms with Gasteiger partial charge in [-0.3, -0.25) is 4.79 Å². The molecule has 0 heterocycles. The van der Waals surface area contributed by atoms with E-state index in [1.807, 2.05) is 6.92 Å². The lowest BCUT2D eigenvalue weighted by Crippen LogP contribution is -2.22. The molecule has 0 bridgehead atoms. The number of hydrogen-bond acceptors (Lipinski definition) is 3. The molecule has 7 heteroatoms. The second-order valence-corrected chi connectivity index (χ2v) is 4.94. The number of nitrogens with one attached hydrogen (secondary N) is 2. The minimum atomic E-state index is -4.45. The molecule has 24 heavy (non-hydrogen) atoms. The summed E-state index contributed by atoms with van der Waals surface area (Å²) in [6, 6.07) is 11.6. The van der Waals surface area contributed by atoms with Gasteiger partial charge in [0.2, 0.25) is 5.91 Å². The summed E-state index contributed by atoms with van der Waals surface area (Å²) in [5.74, 6) is 0.219. The zero-order chi connectivity index (χ0) is 17.6. The van der Waals surface area contributed by atoms with Gasteiger partial charge in [0.1, 0.15) is 5.75 Å². The predicted octanol–water partition coefficient (Wildman–Crippen LogP) is 4.15. The molecule has 1 amide bonds. The number of anilines is 2. The maximum atomic E-state index is 12.6. The normalized spacial score (nSPS) is 11.0. The van der Waals surface area contributed by atoms with Gasteiger partial charge < -0.3 is 15.4 Å². The Kier molecular flexibility index (Phi) is 5.68. The van der Waals surface area contributed by atoms with Crippen molar-refractivity contribution in [3.05, 3.63) is 54.1 Å². The molecule has 2 aromatic carbocycles. The first-order valence-electron chi connectivity index (χ1n) is 7.32. The van der Waals surface area contributed by atoms with Gasteiger partial charge in [0.05, 0.1) is 18.7 Å². The van der Waals surface area contributed by atoms with Gasteiger partial charge >= 0.3 is 6.18 Å². The Hall–Kier alpha value is -2.70. The van der Waals surface area contributed by atoms with Crippen molar-refractivity contribution in [2.45, 2.75) is 13.1 Å². The molecular formula is C17H17F3N2O2. The van der Waals surface area contributed by atoms with Crippen molar-refractivity contribution in [2.75, 3.05) is 23.8 Å². The van der Waals surface area contributed by atoms with Gasteiger partial charge in [-0.1, -0.05) is 12.1 Å². The van der Waals surface area contributed by atoms with E-state index in [4.69, 9.17) is 4.74 Å². The molecule has 0 saturated heterocycles. The lowest BCUT2D eigenvalue weighted by Gasteiger charge is -2.11. The van der Waals surface area contributed by atoms with Gasteiger partial charge in [-0.2, -0.15) is 13.2 Å². The van der Waals surface area contributed by atoms with E-state index in [0.29, 0.717) is 18.0 Å². The average molecular weight is 338 g/mol. The van der Waals surface area contributed by atoms with Crippen molar-refractivity contribution >= 4 is 17.3 Å². The Morgan fingerprint density at radius 3 is 2.50 bits per heavy atom. The summed E-state index contributed by atoms with van der Waals surface area (Å²) in [4.78, 5) is 11.9. The number of rotatable bonds is 6. The van der Waals surface area contributed by atoms with E-state index in [1.54, 1.807) is 24.3 Å². The van der Waals surface area contributed by atoms with Crippen LogP contribution in [0.4, 0.5) is 24.5 Å². The lowest BCUT2D eigenvalue weighted by atomic mass is 10.2. The minimum Gasteiger partial charge on any atom is -0.494 e. The highest BCUT2D eigenvalue weighted by Crippen LogP contribution is 2.30. The number of amides is 1. The number of ether oxygens (including phenoxy) is 1. The van der Waals surface area contributed by atoms with Crippen molar-refractivity contribution in [1.82, 2.24) is 0 Å². The van der Waals surface area contributed by atoms with Crippen LogP contribution in [-0.2, 0) is 11.0 Å². The first-order chi connectivity index (χ1) is 11.4. The van der Waals surface area contributed by atoms with Crippen molar-refractivity contribution < 1.29 is 22.7 Å². The highest BCUT2D eigenvalue weighted by molar-refractivity contribution is 5.93. The van der Waals surface area contributed by atoms with Crippen molar-refractivity contribution in [3.63, 3.8) is 0 Å². The van der Waals surface area contributed by atoms with Crippen molar-refractivity contribution in [1.29, 1.82) is 0 Å². The maximum Gasteiger partial charge on any atom is 0.416 e. The molecule has 0 atom stereocenters. The number of benzene rings is 2. The molecule has 4 nitrogen and oxygen atoms in total. The summed E-state index contributed by atoms with van der Waals surface area (Å²) in [6.07, 6.45) is -4.45. The Morgan fingerprint density at radius 1 is 1.08 bits per heavy atom. The number of hydrogen-bond donors (Lipinski definition) is 2.